The minimum Gasteiger partial charge on any atom is -0.320 e. The van der Waals surface area contributed by atoms with Crippen molar-refractivity contribution >= 4 is 40.8 Å². The van der Waals surface area contributed by atoms with Gasteiger partial charge in [0.15, 0.2) is 0 Å². The van der Waals surface area contributed by atoms with Gasteiger partial charge in [0, 0.05) is 75.1 Å². The highest BCUT2D eigenvalue weighted by Gasteiger charge is 2.33. The van der Waals surface area contributed by atoms with Crippen LogP contribution in [-0.2, 0) is 13.1 Å². The molecule has 0 aromatic heterocycles. The fourth-order valence-electron chi connectivity index (χ4n) is 6.47. The van der Waals surface area contributed by atoms with E-state index < -0.39 is 0 Å². The van der Waals surface area contributed by atoms with E-state index in [1.54, 1.807) is 9.80 Å². The van der Waals surface area contributed by atoms with Gasteiger partial charge in [0.25, 0.3) is 0 Å². The number of nitrogens with zero attached hydrogens (tertiary/aromatic N) is 6. The number of amides is 6. The second-order valence-corrected chi connectivity index (χ2v) is 11.2. The third-order valence-corrected chi connectivity index (χ3v) is 8.59. The molecule has 0 atom stereocenters. The molecule has 3 saturated heterocycles. The topological polar surface area (TPSA) is 70.7 Å². The lowest BCUT2D eigenvalue weighted by molar-refractivity contribution is 0.188. The molecule has 0 radical (unpaired) electrons. The van der Waals surface area contributed by atoms with Crippen molar-refractivity contribution in [2.24, 2.45) is 0 Å². The lowest BCUT2D eigenvalue weighted by Gasteiger charge is -2.38. The Morgan fingerprint density at radius 1 is 0.415 bits per heavy atom. The minimum absolute atomic E-state index is 0.0380. The van der Waals surface area contributed by atoms with Crippen LogP contribution in [0.5, 0.6) is 0 Å². The van der Waals surface area contributed by atoms with Crippen molar-refractivity contribution in [3.8, 4) is 0 Å². The van der Waals surface area contributed by atoms with Crippen LogP contribution in [0.3, 0.4) is 0 Å². The van der Waals surface area contributed by atoms with Gasteiger partial charge in [-0.2, -0.15) is 0 Å². The third kappa shape index (κ3) is 4.65. The molecule has 3 aromatic rings. The molecule has 4 aliphatic heterocycles. The summed E-state index contributed by atoms with van der Waals surface area (Å²) in [5.41, 5.74) is 5.27. The molecule has 3 aromatic carbocycles. The van der Waals surface area contributed by atoms with Gasteiger partial charge < -0.3 is 9.80 Å². The molecule has 0 spiro atoms. The molecule has 9 nitrogen and oxygen atoms in total. The highest BCUT2D eigenvalue weighted by atomic mass is 16.2. The molecule has 0 aliphatic carbocycles. The van der Waals surface area contributed by atoms with E-state index in [2.05, 4.69) is 12.1 Å². The van der Waals surface area contributed by atoms with Gasteiger partial charge >= 0.3 is 18.1 Å². The lowest BCUT2D eigenvalue weighted by atomic mass is 10.1. The molecule has 6 amide bonds. The Balaban J connectivity index is 1.32. The van der Waals surface area contributed by atoms with Gasteiger partial charge in [-0.15, -0.1) is 0 Å². The van der Waals surface area contributed by atoms with Crippen LogP contribution in [-0.4, -0.2) is 67.2 Å². The van der Waals surface area contributed by atoms with Crippen molar-refractivity contribution in [1.29, 1.82) is 0 Å². The maximum Gasteiger partial charge on any atom is 0.328 e. The van der Waals surface area contributed by atoms with E-state index in [-0.39, 0.29) is 18.1 Å². The fourth-order valence-corrected chi connectivity index (χ4v) is 6.47. The molecule has 0 unspecified atom stereocenters. The Morgan fingerprint density at radius 2 is 0.780 bits per heavy atom. The average molecular weight is 551 g/mol. The smallest absolute Gasteiger partial charge is 0.320 e. The quantitative estimate of drug-likeness (QED) is 0.371. The van der Waals surface area contributed by atoms with Crippen molar-refractivity contribution in [3.63, 3.8) is 0 Å². The zero-order chi connectivity index (χ0) is 27.9. The van der Waals surface area contributed by atoms with Crippen LogP contribution in [0.1, 0.15) is 30.4 Å². The van der Waals surface area contributed by atoms with Gasteiger partial charge in [-0.25, -0.2) is 14.4 Å². The van der Waals surface area contributed by atoms with E-state index in [9.17, 15) is 14.4 Å². The molecule has 4 aliphatic rings. The van der Waals surface area contributed by atoms with Crippen LogP contribution in [0.2, 0.25) is 0 Å². The van der Waals surface area contributed by atoms with Crippen LogP contribution in [0.15, 0.2) is 72.8 Å². The number of hydrogen-bond acceptors (Lipinski definition) is 3. The molecule has 4 heterocycles. The predicted molar refractivity (Wildman–Crippen MR) is 160 cm³/mol. The average Bonchev–Trinajstić information content (AvgIpc) is 3.00. The maximum absolute atomic E-state index is 13.8. The lowest BCUT2D eigenvalue weighted by Crippen LogP contribution is -2.50. The van der Waals surface area contributed by atoms with Crippen molar-refractivity contribution in [1.82, 2.24) is 9.80 Å². The van der Waals surface area contributed by atoms with Crippen LogP contribution in [0.25, 0.3) is 0 Å². The van der Waals surface area contributed by atoms with Crippen LogP contribution in [0.4, 0.5) is 37.1 Å². The molecule has 210 valence electrons. The van der Waals surface area contributed by atoms with E-state index >= 15 is 0 Å². The van der Waals surface area contributed by atoms with Crippen LogP contribution >= 0.6 is 0 Å². The summed E-state index contributed by atoms with van der Waals surface area (Å²) in [4.78, 5) is 52.4. The third-order valence-electron chi connectivity index (χ3n) is 8.59. The van der Waals surface area contributed by atoms with Gasteiger partial charge in [-0.1, -0.05) is 36.4 Å². The Morgan fingerprint density at radius 3 is 1.20 bits per heavy atom. The van der Waals surface area contributed by atoms with Crippen molar-refractivity contribution in [2.75, 3.05) is 58.9 Å². The Hall–Kier alpha value is -4.53. The summed E-state index contributed by atoms with van der Waals surface area (Å²) in [6, 6.07) is 23.5. The number of urea groups is 3. The summed E-state index contributed by atoms with van der Waals surface area (Å²) < 4.78 is 0. The summed E-state index contributed by atoms with van der Waals surface area (Å²) >= 11 is 0. The van der Waals surface area contributed by atoms with E-state index in [0.717, 1.165) is 53.1 Å². The molecule has 0 N–H and O–H groups in total. The summed E-state index contributed by atoms with van der Waals surface area (Å²) in [6.07, 6.45) is 2.51. The molecule has 7 rings (SSSR count). The van der Waals surface area contributed by atoms with Crippen LogP contribution in [0, 0.1) is 0 Å². The van der Waals surface area contributed by atoms with Crippen molar-refractivity contribution in [2.45, 2.75) is 32.4 Å². The first kappa shape index (κ1) is 25.4. The van der Waals surface area contributed by atoms with Crippen molar-refractivity contribution < 1.29 is 14.4 Å². The Bertz CT molecular complexity index is 1400. The molecular formula is C32H34N6O3. The summed E-state index contributed by atoms with van der Waals surface area (Å²) in [6.45, 7) is 4.79. The van der Waals surface area contributed by atoms with Crippen molar-refractivity contribution in [3.05, 3.63) is 83.9 Å². The predicted octanol–water partition coefficient (Wildman–Crippen LogP) is 5.50. The van der Waals surface area contributed by atoms with Gasteiger partial charge in [0.05, 0.1) is 0 Å². The number of hydrogen-bond donors (Lipinski definition) is 0. The van der Waals surface area contributed by atoms with Gasteiger partial charge in [-0.3, -0.25) is 19.6 Å². The monoisotopic (exact) mass is 550 g/mol. The highest BCUT2D eigenvalue weighted by Crippen LogP contribution is 2.32. The van der Waals surface area contributed by atoms with Gasteiger partial charge in [-0.05, 0) is 66.8 Å². The first-order valence-corrected chi connectivity index (χ1v) is 14.6. The number of rotatable bonds is 0. The first-order valence-electron chi connectivity index (χ1n) is 14.6. The Kier molecular flexibility index (Phi) is 6.49. The largest absolute Gasteiger partial charge is 0.328 e. The Labute approximate surface area is 240 Å². The van der Waals surface area contributed by atoms with Gasteiger partial charge in [0.1, 0.15) is 0 Å². The molecule has 41 heavy (non-hydrogen) atoms. The molecular weight excluding hydrogens is 516 g/mol. The molecule has 3 fully saturated rings. The number of fused-ring (bicyclic) bond motifs is 15. The standard InChI is InChI=1S/C32H34N6O3/c39-30-33-14-5-16-35(30)26-10-3-12-28(20-26)37-18-7-19-38(32(37)41)29-13-4-11-27(21-29)36-17-6-15-34(31(36)40)23-25-9-2-1-8-24(25)22-33/h1-4,8-13,20-21H,5-7,14-19,22-23H2. The second kappa shape index (κ2) is 10.5. The summed E-state index contributed by atoms with van der Waals surface area (Å²) in [5, 5.41) is 0. The van der Waals surface area contributed by atoms with E-state index in [0.29, 0.717) is 52.4 Å². The maximum atomic E-state index is 13.8. The van der Waals surface area contributed by atoms with Crippen LogP contribution < -0.4 is 19.6 Å². The zero-order valence-corrected chi connectivity index (χ0v) is 23.1. The number of anilines is 4. The number of carbonyl (C=O) groups is 3. The normalized spacial score (nSPS) is 19.5. The second-order valence-electron chi connectivity index (χ2n) is 11.2. The molecule has 0 saturated carbocycles. The van der Waals surface area contributed by atoms with E-state index in [1.807, 2.05) is 80.3 Å². The SMILES string of the molecule is O=C1N2CCCN1c1cccc(c1)N1CCCN(C1=O)c1cccc(c1)N1CCCN(Cc3ccccc3C2)C1=O. The number of carbonyl (C=O) groups excluding carboxylic acids is 3. The van der Waals surface area contributed by atoms with E-state index in [1.165, 1.54) is 0 Å². The summed E-state index contributed by atoms with van der Waals surface area (Å²) in [5.74, 6) is 0. The first-order chi connectivity index (χ1) is 20.1. The number of benzene rings is 3. The van der Waals surface area contributed by atoms with E-state index in [4.69, 9.17) is 0 Å². The molecule has 10 bridgehead atoms. The molecule has 9 heteroatoms. The van der Waals surface area contributed by atoms with Gasteiger partial charge in [0.2, 0.25) is 0 Å². The highest BCUT2D eigenvalue weighted by molar-refractivity contribution is 6.05. The minimum atomic E-state index is -0.0999. The summed E-state index contributed by atoms with van der Waals surface area (Å²) in [7, 11) is 0. The zero-order valence-electron chi connectivity index (χ0n) is 23.1. The fraction of sp³-hybridized carbons (Fsp3) is 0.344.